The molecule has 35 heavy (non-hydrogen) atoms. The molecule has 0 spiro atoms. The molecule has 2 aromatic carbocycles. The van der Waals surface area contributed by atoms with Gasteiger partial charge in [0.25, 0.3) is 0 Å². The Bertz CT molecular complexity index is 1340. The number of benzene rings is 2. The molecule has 0 aliphatic rings. The Kier molecular flexibility index (Phi) is 7.85. The zero-order valence-electron chi connectivity index (χ0n) is 19.6. The molecule has 4 aromatic rings. The van der Waals surface area contributed by atoms with Gasteiger partial charge in [-0.1, -0.05) is 67.6 Å². The highest BCUT2D eigenvalue weighted by atomic mass is 32.1. The monoisotopic (exact) mass is 481 g/mol. The first kappa shape index (κ1) is 24.1. The number of anilines is 2. The minimum atomic E-state index is -0.846. The second-order valence-corrected chi connectivity index (χ2v) is 8.96. The summed E-state index contributed by atoms with van der Waals surface area (Å²) in [4.78, 5) is 21.7. The van der Waals surface area contributed by atoms with Crippen molar-refractivity contribution in [3.63, 3.8) is 0 Å². The number of hydrogen-bond acceptors (Lipinski definition) is 5. The molecular weight excluding hydrogens is 454 g/mol. The lowest BCUT2D eigenvalue weighted by Gasteiger charge is -2.15. The van der Waals surface area contributed by atoms with Crippen LogP contribution in [0.3, 0.4) is 0 Å². The summed E-state index contributed by atoms with van der Waals surface area (Å²) in [6, 6.07) is 19.7. The van der Waals surface area contributed by atoms with Gasteiger partial charge < -0.3 is 10.4 Å². The third kappa shape index (κ3) is 6.31. The van der Waals surface area contributed by atoms with Crippen molar-refractivity contribution in [1.29, 1.82) is 0 Å². The van der Waals surface area contributed by atoms with Crippen LogP contribution in [0.5, 0.6) is 0 Å². The number of hydrogen-bond donors (Lipinski definition) is 2. The van der Waals surface area contributed by atoms with Crippen LogP contribution in [0.4, 0.5) is 11.5 Å². The van der Waals surface area contributed by atoms with Crippen LogP contribution in [0, 0.1) is 0 Å². The number of nitrogens with zero attached hydrogens (tertiary/aromatic N) is 2. The molecule has 2 N–H and O–H groups in total. The number of carboxylic acid groups (broad SMARTS) is 1. The van der Waals surface area contributed by atoms with Crippen LogP contribution in [0.15, 0.2) is 78.7 Å². The smallest absolute Gasteiger partial charge is 0.307 e. The Morgan fingerprint density at radius 3 is 2.49 bits per heavy atom. The number of nitrogens with one attached hydrogen (secondary N) is 1. The Labute approximate surface area is 209 Å². The van der Waals surface area contributed by atoms with E-state index in [1.807, 2.05) is 48.5 Å². The Morgan fingerprint density at radius 2 is 1.80 bits per heavy atom. The Morgan fingerprint density at radius 1 is 1.06 bits per heavy atom. The van der Waals surface area contributed by atoms with Gasteiger partial charge >= 0.3 is 5.97 Å². The van der Waals surface area contributed by atoms with Crippen LogP contribution in [-0.2, 0) is 24.1 Å². The zero-order valence-corrected chi connectivity index (χ0v) is 20.4. The molecule has 4 rings (SSSR count). The summed E-state index contributed by atoms with van der Waals surface area (Å²) in [5.41, 5.74) is 5.85. The van der Waals surface area contributed by atoms with E-state index >= 15 is 0 Å². The van der Waals surface area contributed by atoms with E-state index in [0.717, 1.165) is 50.8 Å². The van der Waals surface area contributed by atoms with Gasteiger partial charge in [0.15, 0.2) is 5.82 Å². The predicted molar refractivity (Wildman–Crippen MR) is 145 cm³/mol. The molecule has 0 atom stereocenters. The van der Waals surface area contributed by atoms with Crippen molar-refractivity contribution < 1.29 is 9.90 Å². The summed E-state index contributed by atoms with van der Waals surface area (Å²) >= 11 is 1.62. The maximum atomic E-state index is 11.0. The molecule has 0 bridgehead atoms. The van der Waals surface area contributed by atoms with Gasteiger partial charge in [-0.25, -0.2) is 9.97 Å². The largest absolute Gasteiger partial charge is 0.481 e. The molecule has 0 unspecified atom stereocenters. The van der Waals surface area contributed by atoms with Crippen LogP contribution in [0.2, 0.25) is 0 Å². The summed E-state index contributed by atoms with van der Waals surface area (Å²) in [7, 11) is 0. The fourth-order valence-corrected chi connectivity index (χ4v) is 4.54. The van der Waals surface area contributed by atoms with Crippen LogP contribution >= 0.6 is 11.3 Å². The maximum absolute atomic E-state index is 11.0. The molecule has 2 heterocycles. The topological polar surface area (TPSA) is 75.1 Å². The molecule has 6 heteroatoms. The molecule has 0 aliphatic carbocycles. The van der Waals surface area contributed by atoms with Gasteiger partial charge in [0.1, 0.15) is 5.82 Å². The molecule has 0 radical (unpaired) electrons. The average molecular weight is 482 g/mol. The molecule has 0 aliphatic heterocycles. The quantitative estimate of drug-likeness (QED) is 0.238. The van der Waals surface area contributed by atoms with Crippen molar-refractivity contribution >= 4 is 41.0 Å². The van der Waals surface area contributed by atoms with Crippen molar-refractivity contribution in [3.05, 3.63) is 107 Å². The van der Waals surface area contributed by atoms with Crippen molar-refractivity contribution in [3.8, 4) is 10.7 Å². The van der Waals surface area contributed by atoms with E-state index < -0.39 is 5.97 Å². The second-order valence-electron chi connectivity index (χ2n) is 8.05. The number of aliphatic carboxylic acids is 1. The van der Waals surface area contributed by atoms with E-state index in [9.17, 15) is 4.79 Å². The maximum Gasteiger partial charge on any atom is 0.307 e. The van der Waals surface area contributed by atoms with E-state index in [0.29, 0.717) is 12.2 Å². The van der Waals surface area contributed by atoms with Crippen LogP contribution < -0.4 is 5.32 Å². The minimum Gasteiger partial charge on any atom is -0.481 e. The van der Waals surface area contributed by atoms with E-state index in [4.69, 9.17) is 15.1 Å². The van der Waals surface area contributed by atoms with Crippen LogP contribution in [0.1, 0.15) is 34.9 Å². The van der Waals surface area contributed by atoms with Crippen LogP contribution in [-0.4, -0.2) is 21.0 Å². The Hall–Kier alpha value is -4.03. The normalized spacial score (nSPS) is 11.0. The minimum absolute atomic E-state index is 0.000931. The lowest BCUT2D eigenvalue weighted by atomic mass is 10.1. The molecule has 0 saturated heterocycles. The van der Waals surface area contributed by atoms with E-state index in [-0.39, 0.29) is 6.42 Å². The van der Waals surface area contributed by atoms with Crippen molar-refractivity contribution in [2.75, 3.05) is 5.32 Å². The lowest BCUT2D eigenvalue weighted by molar-refractivity contribution is -0.136. The summed E-state index contributed by atoms with van der Waals surface area (Å²) < 4.78 is 0. The van der Waals surface area contributed by atoms with Crippen LogP contribution in [0.25, 0.3) is 22.9 Å². The van der Waals surface area contributed by atoms with E-state index in [1.165, 1.54) is 0 Å². The number of carbonyl (C=O) groups is 1. The molecular formula is C29H27N3O2S. The number of thiophene rings is 1. The fourth-order valence-electron chi connectivity index (χ4n) is 3.72. The molecule has 0 amide bonds. The highest BCUT2D eigenvalue weighted by molar-refractivity contribution is 7.13. The first-order chi connectivity index (χ1) is 17.1. The van der Waals surface area contributed by atoms with Crippen molar-refractivity contribution in [2.24, 2.45) is 0 Å². The van der Waals surface area contributed by atoms with Gasteiger partial charge in [-0.2, -0.15) is 0 Å². The lowest BCUT2D eigenvalue weighted by Crippen LogP contribution is -2.07. The highest BCUT2D eigenvalue weighted by Gasteiger charge is 2.15. The number of aryl methyl sites for hydroxylation is 1. The fraction of sp³-hybridized carbons (Fsp3) is 0.138. The molecule has 5 nitrogen and oxygen atoms in total. The third-order valence-electron chi connectivity index (χ3n) is 5.46. The zero-order chi connectivity index (χ0) is 24.6. The van der Waals surface area contributed by atoms with Gasteiger partial charge in [-0.3, -0.25) is 4.79 Å². The van der Waals surface area contributed by atoms with Gasteiger partial charge in [0.05, 0.1) is 11.3 Å². The summed E-state index contributed by atoms with van der Waals surface area (Å²) in [6.07, 6.45) is 7.48. The third-order valence-corrected chi connectivity index (χ3v) is 6.40. The second kappa shape index (κ2) is 11.4. The average Bonchev–Trinajstić information content (AvgIpc) is 3.34. The molecule has 176 valence electrons. The molecule has 2 aromatic heterocycles. The van der Waals surface area contributed by atoms with Gasteiger partial charge in [-0.15, -0.1) is 17.9 Å². The SMILES string of the molecule is C=CCc1c(CC)nc(-c2cc(C=Cc3ccccc3)cs2)nc1Nc1ccc(CC(=O)O)cc1. The highest BCUT2D eigenvalue weighted by Crippen LogP contribution is 2.30. The standard InChI is InChI=1S/C29H27N3O2S/c1-3-8-24-25(4-2)31-29(26-17-22(19-35-26)12-11-20-9-6-5-7-10-20)32-28(24)30-23-15-13-21(14-16-23)18-27(33)34/h3,5-7,9-17,19H,1,4,8,18H2,2H3,(H,33,34)(H,30,31,32). The number of carboxylic acids is 1. The first-order valence-electron chi connectivity index (χ1n) is 11.5. The summed E-state index contributed by atoms with van der Waals surface area (Å²) in [5, 5.41) is 14.5. The van der Waals surface area contributed by atoms with Gasteiger partial charge in [-0.05, 0) is 53.1 Å². The van der Waals surface area contributed by atoms with E-state index in [1.54, 1.807) is 11.3 Å². The van der Waals surface area contributed by atoms with E-state index in [2.05, 4.69) is 54.6 Å². The summed E-state index contributed by atoms with van der Waals surface area (Å²) in [5.74, 6) is 0.581. The van der Waals surface area contributed by atoms with Crippen molar-refractivity contribution in [1.82, 2.24) is 9.97 Å². The Balaban J connectivity index is 1.64. The number of rotatable bonds is 10. The number of aromatic nitrogens is 2. The first-order valence-corrected chi connectivity index (χ1v) is 12.3. The van der Waals surface area contributed by atoms with Crippen molar-refractivity contribution in [2.45, 2.75) is 26.2 Å². The summed E-state index contributed by atoms with van der Waals surface area (Å²) in [6.45, 7) is 5.99. The van der Waals surface area contributed by atoms with Gasteiger partial charge in [0, 0.05) is 16.9 Å². The predicted octanol–water partition coefficient (Wildman–Crippen LogP) is 7.04. The molecule has 0 fully saturated rings. The molecule has 0 saturated carbocycles. The van der Waals surface area contributed by atoms with Gasteiger partial charge in [0.2, 0.25) is 0 Å². The number of allylic oxidation sites excluding steroid dienone is 1.